The van der Waals surface area contributed by atoms with Crippen molar-refractivity contribution < 1.29 is 18.8 Å². The van der Waals surface area contributed by atoms with Crippen molar-refractivity contribution in [3.63, 3.8) is 0 Å². The summed E-state index contributed by atoms with van der Waals surface area (Å²) in [6.45, 7) is 2.89. The Kier molecular flexibility index (Phi) is 5.61. The Morgan fingerprint density at radius 2 is 1.97 bits per heavy atom. The number of amides is 1. The number of carbonyl (C=O) groups is 1. The van der Waals surface area contributed by atoms with Gasteiger partial charge in [0.05, 0.1) is 24.5 Å². The van der Waals surface area contributed by atoms with Crippen LogP contribution in [0.2, 0.25) is 0 Å². The van der Waals surface area contributed by atoms with Gasteiger partial charge in [0.25, 0.3) is 0 Å². The predicted octanol–water partition coefficient (Wildman–Crippen LogP) is 4.88. The van der Waals surface area contributed by atoms with Gasteiger partial charge in [-0.25, -0.2) is 9.97 Å². The number of anilines is 3. The van der Waals surface area contributed by atoms with Crippen molar-refractivity contribution in [1.29, 1.82) is 0 Å². The number of rotatable bonds is 6. The van der Waals surface area contributed by atoms with E-state index in [2.05, 4.69) is 20.4 Å². The van der Waals surface area contributed by atoms with Crippen LogP contribution in [0.15, 0.2) is 59.6 Å². The minimum atomic E-state index is 0.0763. The van der Waals surface area contributed by atoms with Gasteiger partial charge in [0.15, 0.2) is 0 Å². The molecule has 1 saturated heterocycles. The summed E-state index contributed by atoms with van der Waals surface area (Å²) >= 11 is 0. The first-order chi connectivity index (χ1) is 17.6. The van der Waals surface area contributed by atoms with E-state index >= 15 is 0 Å². The van der Waals surface area contributed by atoms with Crippen LogP contribution >= 0.6 is 0 Å². The number of aryl methyl sites for hydroxylation is 1. The Labute approximate surface area is 208 Å². The van der Waals surface area contributed by atoms with E-state index in [1.54, 1.807) is 19.6 Å². The van der Waals surface area contributed by atoms with E-state index in [0.717, 1.165) is 45.6 Å². The molecule has 4 aromatic rings. The number of ether oxygens (including phenoxy) is 2. The lowest BCUT2D eigenvalue weighted by Gasteiger charge is -2.31. The second-order valence-electron chi connectivity index (χ2n) is 9.02. The Morgan fingerprint density at radius 3 is 2.75 bits per heavy atom. The van der Waals surface area contributed by atoms with Crippen molar-refractivity contribution in [3.05, 3.63) is 66.2 Å². The maximum absolute atomic E-state index is 12.4. The number of fused-ring (bicyclic) bond motifs is 3. The Morgan fingerprint density at radius 1 is 1.14 bits per heavy atom. The van der Waals surface area contributed by atoms with Crippen molar-refractivity contribution in [3.8, 4) is 28.3 Å². The van der Waals surface area contributed by atoms with Gasteiger partial charge in [-0.3, -0.25) is 4.79 Å². The molecule has 0 radical (unpaired) electrons. The van der Waals surface area contributed by atoms with Crippen LogP contribution in [-0.4, -0.2) is 40.8 Å². The normalized spacial score (nSPS) is 16.4. The molecule has 2 aliphatic heterocycles. The first-order valence-electron chi connectivity index (χ1n) is 11.8. The Bertz CT molecular complexity index is 1430. The zero-order chi connectivity index (χ0) is 24.6. The summed E-state index contributed by atoms with van der Waals surface area (Å²) in [5, 5.41) is 7.40. The quantitative estimate of drug-likeness (QED) is 0.414. The number of nitrogens with zero attached hydrogens (tertiary/aromatic N) is 4. The number of aromatic nitrogens is 3. The van der Waals surface area contributed by atoms with Crippen molar-refractivity contribution in [2.75, 3.05) is 23.9 Å². The van der Waals surface area contributed by atoms with E-state index in [0.29, 0.717) is 37.0 Å². The Balaban J connectivity index is 1.27. The molecular formula is C27H25N5O4. The fourth-order valence-corrected chi connectivity index (χ4v) is 4.82. The van der Waals surface area contributed by atoms with Crippen LogP contribution in [0.25, 0.3) is 22.4 Å². The molecule has 1 atom stereocenters. The number of pyridine rings is 2. The smallest absolute Gasteiger partial charge is 0.238 e. The molecule has 1 aromatic carbocycles. The number of hydrogen-bond donors (Lipinski definition) is 1. The first kappa shape index (κ1) is 22.2. The van der Waals surface area contributed by atoms with Gasteiger partial charge in [0.2, 0.25) is 11.8 Å². The summed E-state index contributed by atoms with van der Waals surface area (Å²) in [6.07, 6.45) is 6.51. The number of hydrogen-bond acceptors (Lipinski definition) is 8. The minimum Gasteiger partial charge on any atom is -0.474 e. The standard InChI is InChI=1S/C27H25N5O4/c1-16-13-36-31-26(16)18-5-3-17(4-6-18)22-12-28-24(9-19(22)14-34-2)30-20-10-23-27(29-11-20)35-15-21-7-8-25(33)32(21)23/h3-6,9-13,21H,7-8,14-15H2,1-2H3,(H,28,30)/t21-/m0/s1. The van der Waals surface area contributed by atoms with Crippen LogP contribution in [0.3, 0.4) is 0 Å². The predicted molar refractivity (Wildman–Crippen MR) is 134 cm³/mol. The molecule has 0 saturated carbocycles. The highest BCUT2D eigenvalue weighted by Gasteiger charge is 2.38. The second kappa shape index (κ2) is 9.09. The fraction of sp³-hybridized carbons (Fsp3) is 0.259. The Hall–Kier alpha value is -4.24. The van der Waals surface area contributed by atoms with E-state index < -0.39 is 0 Å². The summed E-state index contributed by atoms with van der Waals surface area (Å²) in [5.74, 6) is 1.25. The third-order valence-electron chi connectivity index (χ3n) is 6.61. The molecule has 36 heavy (non-hydrogen) atoms. The van der Waals surface area contributed by atoms with Gasteiger partial charge in [0, 0.05) is 36.4 Å². The second-order valence-corrected chi connectivity index (χ2v) is 9.02. The van der Waals surface area contributed by atoms with Gasteiger partial charge >= 0.3 is 0 Å². The van der Waals surface area contributed by atoms with Gasteiger partial charge in [-0.15, -0.1) is 0 Å². The average molecular weight is 484 g/mol. The number of carbonyl (C=O) groups excluding carboxylic acids is 1. The lowest BCUT2D eigenvalue weighted by molar-refractivity contribution is -0.117. The number of methoxy groups -OCH3 is 1. The van der Waals surface area contributed by atoms with Gasteiger partial charge in [-0.05, 0) is 36.6 Å². The van der Waals surface area contributed by atoms with E-state index in [1.165, 1.54) is 0 Å². The number of benzene rings is 1. The molecule has 1 amide bonds. The summed E-state index contributed by atoms with van der Waals surface area (Å²) in [5.41, 5.74) is 7.25. The van der Waals surface area contributed by atoms with Crippen LogP contribution in [0.4, 0.5) is 17.2 Å². The zero-order valence-electron chi connectivity index (χ0n) is 20.0. The van der Waals surface area contributed by atoms with Gasteiger partial charge < -0.3 is 24.2 Å². The topological polar surface area (TPSA) is 103 Å². The molecule has 0 bridgehead atoms. The van der Waals surface area contributed by atoms with Crippen LogP contribution in [0.1, 0.15) is 24.0 Å². The van der Waals surface area contributed by atoms with E-state index in [4.69, 9.17) is 14.0 Å². The molecule has 2 aliphatic rings. The maximum atomic E-state index is 12.4. The lowest BCUT2D eigenvalue weighted by Crippen LogP contribution is -2.40. The molecule has 9 heteroatoms. The van der Waals surface area contributed by atoms with E-state index in [1.807, 2.05) is 54.4 Å². The number of nitrogens with one attached hydrogen (secondary N) is 1. The van der Waals surface area contributed by atoms with Crippen molar-refractivity contribution in [1.82, 2.24) is 15.1 Å². The van der Waals surface area contributed by atoms with Crippen LogP contribution in [0.5, 0.6) is 5.88 Å². The van der Waals surface area contributed by atoms with Crippen molar-refractivity contribution >= 4 is 23.1 Å². The molecule has 0 aliphatic carbocycles. The summed E-state index contributed by atoms with van der Waals surface area (Å²) < 4.78 is 16.3. The van der Waals surface area contributed by atoms with E-state index in [9.17, 15) is 4.79 Å². The molecule has 5 heterocycles. The van der Waals surface area contributed by atoms with Gasteiger partial charge in [0.1, 0.15) is 30.1 Å². The fourth-order valence-electron chi connectivity index (χ4n) is 4.82. The molecule has 182 valence electrons. The highest BCUT2D eigenvalue weighted by atomic mass is 16.5. The highest BCUT2D eigenvalue weighted by molar-refractivity contribution is 5.98. The molecule has 1 N–H and O–H groups in total. The van der Waals surface area contributed by atoms with Crippen LogP contribution < -0.4 is 15.0 Å². The van der Waals surface area contributed by atoms with Crippen LogP contribution in [-0.2, 0) is 16.1 Å². The van der Waals surface area contributed by atoms with Gasteiger partial charge in [-0.2, -0.15) is 0 Å². The van der Waals surface area contributed by atoms with Gasteiger partial charge in [-0.1, -0.05) is 29.4 Å². The molecule has 0 unspecified atom stereocenters. The minimum absolute atomic E-state index is 0.0763. The summed E-state index contributed by atoms with van der Waals surface area (Å²) in [7, 11) is 1.67. The van der Waals surface area contributed by atoms with Crippen molar-refractivity contribution in [2.24, 2.45) is 0 Å². The summed E-state index contributed by atoms with van der Waals surface area (Å²) in [4.78, 5) is 23.3. The molecule has 9 nitrogen and oxygen atoms in total. The SMILES string of the molecule is COCc1cc(Nc2cnc3c(c2)N2C(=O)CC[C@H]2CO3)ncc1-c1ccc(-c2nocc2C)cc1. The maximum Gasteiger partial charge on any atom is 0.238 e. The molecular weight excluding hydrogens is 458 g/mol. The molecule has 0 spiro atoms. The average Bonchev–Trinajstić information content (AvgIpc) is 3.50. The largest absolute Gasteiger partial charge is 0.474 e. The highest BCUT2D eigenvalue weighted by Crippen LogP contribution is 2.39. The van der Waals surface area contributed by atoms with E-state index in [-0.39, 0.29) is 11.9 Å². The lowest BCUT2D eigenvalue weighted by atomic mass is 9.99. The zero-order valence-corrected chi connectivity index (χ0v) is 20.0. The molecule has 1 fully saturated rings. The molecule has 6 rings (SSSR count). The molecule has 3 aromatic heterocycles. The van der Waals surface area contributed by atoms with Crippen molar-refractivity contribution in [2.45, 2.75) is 32.4 Å². The summed E-state index contributed by atoms with van der Waals surface area (Å²) in [6, 6.07) is 12.1. The third kappa shape index (κ3) is 3.97. The van der Waals surface area contributed by atoms with Crippen LogP contribution in [0, 0.1) is 6.92 Å². The monoisotopic (exact) mass is 483 g/mol. The first-order valence-corrected chi connectivity index (χ1v) is 11.8. The third-order valence-corrected chi connectivity index (χ3v) is 6.61.